The van der Waals surface area contributed by atoms with Gasteiger partial charge in [0.25, 0.3) is 0 Å². The lowest BCUT2D eigenvalue weighted by molar-refractivity contribution is -0.121. The SMILES string of the molecule is C#CCN1CCC(C(=O)Nc2nc3ccccc3n2CCN(CC)CC)CC1. The molecule has 0 radical (unpaired) electrons. The predicted molar refractivity (Wildman–Crippen MR) is 114 cm³/mol. The Bertz CT molecular complexity index is 825. The summed E-state index contributed by atoms with van der Waals surface area (Å²) in [6.45, 7) is 10.5. The molecule has 1 aliphatic rings. The Morgan fingerprint density at radius 1 is 1.29 bits per heavy atom. The number of para-hydroxylation sites is 2. The second kappa shape index (κ2) is 9.72. The number of imidazole rings is 1. The lowest BCUT2D eigenvalue weighted by Crippen LogP contribution is -2.38. The van der Waals surface area contributed by atoms with Crippen molar-refractivity contribution in [3.05, 3.63) is 24.3 Å². The molecular weight excluding hydrogens is 350 g/mol. The number of amides is 1. The third kappa shape index (κ3) is 4.73. The zero-order chi connectivity index (χ0) is 19.9. The summed E-state index contributed by atoms with van der Waals surface area (Å²) in [5.41, 5.74) is 1.98. The highest BCUT2D eigenvalue weighted by Crippen LogP contribution is 2.23. The summed E-state index contributed by atoms with van der Waals surface area (Å²) in [5, 5.41) is 3.11. The van der Waals surface area contributed by atoms with Crippen molar-refractivity contribution in [2.75, 3.05) is 44.6 Å². The molecule has 150 valence electrons. The minimum absolute atomic E-state index is 0.0186. The monoisotopic (exact) mass is 381 g/mol. The van der Waals surface area contributed by atoms with Crippen molar-refractivity contribution < 1.29 is 4.79 Å². The van der Waals surface area contributed by atoms with E-state index in [1.165, 1.54) is 0 Å². The standard InChI is InChI=1S/C22H31N5O/c1-4-13-26-14-11-18(12-15-26)21(28)24-22-23-19-9-7-8-10-20(19)27(22)17-16-25(5-2)6-3/h1,7-10,18H,5-6,11-17H2,2-3H3,(H,23,24,28). The highest BCUT2D eigenvalue weighted by molar-refractivity contribution is 5.93. The quantitative estimate of drug-likeness (QED) is 0.715. The van der Waals surface area contributed by atoms with Gasteiger partial charge in [0, 0.05) is 19.0 Å². The number of nitrogens with one attached hydrogen (secondary N) is 1. The van der Waals surface area contributed by atoms with Crippen molar-refractivity contribution >= 4 is 22.9 Å². The van der Waals surface area contributed by atoms with Gasteiger partial charge < -0.3 is 9.47 Å². The van der Waals surface area contributed by atoms with Crippen LogP contribution < -0.4 is 5.32 Å². The number of hydrogen-bond acceptors (Lipinski definition) is 4. The Morgan fingerprint density at radius 2 is 2.00 bits per heavy atom. The summed E-state index contributed by atoms with van der Waals surface area (Å²) >= 11 is 0. The second-order valence-corrected chi connectivity index (χ2v) is 7.35. The molecule has 0 unspecified atom stereocenters. The molecule has 0 atom stereocenters. The van der Waals surface area contributed by atoms with E-state index in [0.29, 0.717) is 12.5 Å². The first-order chi connectivity index (χ1) is 13.7. The highest BCUT2D eigenvalue weighted by atomic mass is 16.2. The molecule has 0 aliphatic carbocycles. The summed E-state index contributed by atoms with van der Waals surface area (Å²) in [5.74, 6) is 3.43. The number of hydrogen-bond donors (Lipinski definition) is 1. The van der Waals surface area contributed by atoms with Gasteiger partial charge in [-0.1, -0.05) is 31.9 Å². The van der Waals surface area contributed by atoms with E-state index in [4.69, 9.17) is 11.4 Å². The fraction of sp³-hybridized carbons (Fsp3) is 0.545. The summed E-state index contributed by atoms with van der Waals surface area (Å²) in [7, 11) is 0. The summed E-state index contributed by atoms with van der Waals surface area (Å²) in [6, 6.07) is 8.07. The number of piperidine rings is 1. The van der Waals surface area contributed by atoms with E-state index in [0.717, 1.165) is 63.1 Å². The number of aromatic nitrogens is 2. The van der Waals surface area contributed by atoms with Gasteiger partial charge in [-0.15, -0.1) is 6.42 Å². The van der Waals surface area contributed by atoms with Crippen molar-refractivity contribution in [1.82, 2.24) is 19.4 Å². The molecule has 3 rings (SSSR count). The van der Waals surface area contributed by atoms with Gasteiger partial charge in [-0.2, -0.15) is 0 Å². The number of benzene rings is 1. The molecule has 1 aromatic heterocycles. The van der Waals surface area contributed by atoms with Crippen LogP contribution in [0.25, 0.3) is 11.0 Å². The highest BCUT2D eigenvalue weighted by Gasteiger charge is 2.26. The molecular formula is C22H31N5O. The van der Waals surface area contributed by atoms with E-state index in [9.17, 15) is 4.79 Å². The number of terminal acetylenes is 1. The van der Waals surface area contributed by atoms with Gasteiger partial charge in [-0.25, -0.2) is 4.98 Å². The van der Waals surface area contributed by atoms with Crippen LogP contribution in [0.4, 0.5) is 5.95 Å². The minimum Gasteiger partial charge on any atom is -0.309 e. The molecule has 28 heavy (non-hydrogen) atoms. The zero-order valence-corrected chi connectivity index (χ0v) is 17.0. The third-order valence-electron chi connectivity index (χ3n) is 5.70. The number of likely N-dealkylation sites (N-methyl/N-ethyl adjacent to an activating group) is 1. The first-order valence-corrected chi connectivity index (χ1v) is 10.3. The van der Waals surface area contributed by atoms with E-state index in [1.807, 2.05) is 18.2 Å². The topological polar surface area (TPSA) is 53.4 Å². The molecule has 0 saturated carbocycles. The minimum atomic E-state index is 0.0186. The van der Waals surface area contributed by atoms with E-state index in [2.05, 4.69) is 45.5 Å². The Balaban J connectivity index is 1.72. The maximum absolute atomic E-state index is 12.9. The molecule has 2 heterocycles. The van der Waals surface area contributed by atoms with E-state index in [-0.39, 0.29) is 11.8 Å². The van der Waals surface area contributed by atoms with Crippen LogP contribution in [0, 0.1) is 18.3 Å². The molecule has 1 saturated heterocycles. The van der Waals surface area contributed by atoms with Gasteiger partial charge in [0.15, 0.2) is 0 Å². The largest absolute Gasteiger partial charge is 0.309 e. The molecule has 6 heteroatoms. The Hall–Kier alpha value is -2.36. The number of rotatable bonds is 8. The Kier molecular flexibility index (Phi) is 7.07. The van der Waals surface area contributed by atoms with Crippen LogP contribution in [0.1, 0.15) is 26.7 Å². The van der Waals surface area contributed by atoms with Gasteiger partial charge in [0.05, 0.1) is 17.6 Å². The maximum atomic E-state index is 12.9. The Morgan fingerprint density at radius 3 is 2.68 bits per heavy atom. The molecule has 0 bridgehead atoms. The van der Waals surface area contributed by atoms with Gasteiger partial charge in [-0.3, -0.25) is 15.0 Å². The summed E-state index contributed by atoms with van der Waals surface area (Å²) in [4.78, 5) is 22.2. The number of fused-ring (bicyclic) bond motifs is 1. The van der Waals surface area contributed by atoms with Crippen LogP contribution in [-0.2, 0) is 11.3 Å². The summed E-state index contributed by atoms with van der Waals surface area (Å²) in [6.07, 6.45) is 7.07. The van der Waals surface area contributed by atoms with Crippen LogP contribution in [-0.4, -0.2) is 64.5 Å². The maximum Gasteiger partial charge on any atom is 0.229 e. The third-order valence-corrected chi connectivity index (χ3v) is 5.70. The summed E-state index contributed by atoms with van der Waals surface area (Å²) < 4.78 is 2.14. The molecule has 1 aromatic carbocycles. The molecule has 0 spiro atoms. The molecule has 1 aliphatic heterocycles. The lowest BCUT2D eigenvalue weighted by atomic mass is 9.96. The van der Waals surface area contributed by atoms with Crippen LogP contribution >= 0.6 is 0 Å². The van der Waals surface area contributed by atoms with Gasteiger partial charge in [0.1, 0.15) is 0 Å². The molecule has 2 aromatic rings. The Labute approximate surface area is 167 Å². The smallest absolute Gasteiger partial charge is 0.229 e. The average molecular weight is 382 g/mol. The molecule has 1 amide bonds. The first kappa shape index (κ1) is 20.4. The number of nitrogens with zero attached hydrogens (tertiary/aromatic N) is 4. The van der Waals surface area contributed by atoms with Crippen molar-refractivity contribution in [3.63, 3.8) is 0 Å². The first-order valence-electron chi connectivity index (χ1n) is 10.3. The van der Waals surface area contributed by atoms with E-state index in [1.54, 1.807) is 0 Å². The molecule has 1 N–H and O–H groups in total. The fourth-order valence-electron chi connectivity index (χ4n) is 3.87. The van der Waals surface area contributed by atoms with Crippen molar-refractivity contribution in [2.24, 2.45) is 5.92 Å². The lowest BCUT2D eigenvalue weighted by Gasteiger charge is -2.29. The van der Waals surface area contributed by atoms with E-state index < -0.39 is 0 Å². The second-order valence-electron chi connectivity index (χ2n) is 7.35. The normalized spacial score (nSPS) is 15.8. The van der Waals surface area contributed by atoms with Gasteiger partial charge in [-0.05, 0) is 51.2 Å². The van der Waals surface area contributed by atoms with Crippen molar-refractivity contribution in [1.29, 1.82) is 0 Å². The van der Waals surface area contributed by atoms with Crippen LogP contribution in [0.2, 0.25) is 0 Å². The van der Waals surface area contributed by atoms with Crippen LogP contribution in [0.3, 0.4) is 0 Å². The number of carbonyl (C=O) groups excluding carboxylic acids is 1. The van der Waals surface area contributed by atoms with Crippen LogP contribution in [0.15, 0.2) is 24.3 Å². The average Bonchev–Trinajstić information content (AvgIpc) is 3.06. The molecule has 1 fully saturated rings. The number of carbonyl (C=O) groups is 1. The van der Waals surface area contributed by atoms with E-state index >= 15 is 0 Å². The van der Waals surface area contributed by atoms with Crippen molar-refractivity contribution in [2.45, 2.75) is 33.2 Å². The van der Waals surface area contributed by atoms with Crippen LogP contribution in [0.5, 0.6) is 0 Å². The predicted octanol–water partition coefficient (Wildman–Crippen LogP) is 2.66. The van der Waals surface area contributed by atoms with Crippen molar-refractivity contribution in [3.8, 4) is 12.3 Å². The number of likely N-dealkylation sites (tertiary alicyclic amines) is 1. The van der Waals surface area contributed by atoms with Gasteiger partial charge >= 0.3 is 0 Å². The van der Waals surface area contributed by atoms with Gasteiger partial charge in [0.2, 0.25) is 11.9 Å². The zero-order valence-electron chi connectivity index (χ0n) is 17.0. The number of anilines is 1. The fourth-order valence-corrected chi connectivity index (χ4v) is 3.87. The molecule has 6 nitrogen and oxygen atoms in total.